The predicted octanol–water partition coefficient (Wildman–Crippen LogP) is 6.25. The zero-order valence-electron chi connectivity index (χ0n) is 22.5. The molecule has 0 aliphatic carbocycles. The van der Waals surface area contributed by atoms with E-state index in [1.807, 2.05) is 73.7 Å². The quantitative estimate of drug-likeness (QED) is 0.279. The number of carbonyl (C=O) groups excluding carboxylic acids is 3. The second kappa shape index (κ2) is 12.6. The molecular weight excluding hydrogens is 559 g/mol. The van der Waals surface area contributed by atoms with Crippen molar-refractivity contribution in [2.45, 2.75) is 25.4 Å². The average molecular weight is 590 g/mol. The van der Waals surface area contributed by atoms with Crippen molar-refractivity contribution >= 4 is 57.5 Å². The molecule has 41 heavy (non-hydrogen) atoms. The summed E-state index contributed by atoms with van der Waals surface area (Å²) in [6.45, 7) is 2.92. The molecule has 2 unspecified atom stereocenters. The predicted molar refractivity (Wildman–Crippen MR) is 164 cm³/mol. The molecule has 210 valence electrons. The Labute approximate surface area is 249 Å². The molecule has 5 rings (SSSR count). The van der Waals surface area contributed by atoms with Crippen molar-refractivity contribution in [2.75, 3.05) is 25.0 Å². The van der Waals surface area contributed by atoms with Crippen LogP contribution in [-0.4, -0.2) is 59.4 Å². The van der Waals surface area contributed by atoms with Crippen LogP contribution in [0.2, 0.25) is 10.0 Å². The molecule has 1 fully saturated rings. The average Bonchev–Trinajstić information content (AvgIpc) is 2.98. The van der Waals surface area contributed by atoms with E-state index in [1.54, 1.807) is 34.1 Å². The molecule has 0 spiro atoms. The highest BCUT2D eigenvalue weighted by atomic mass is 35.5. The Balaban J connectivity index is 1.28. The monoisotopic (exact) mass is 588 g/mol. The van der Waals surface area contributed by atoms with Gasteiger partial charge >= 0.3 is 6.03 Å². The largest absolute Gasteiger partial charge is 0.340 e. The van der Waals surface area contributed by atoms with Gasteiger partial charge in [0.25, 0.3) is 5.91 Å². The Morgan fingerprint density at radius 1 is 0.854 bits per heavy atom. The fraction of sp³-hybridized carbons (Fsp3) is 0.219. The first-order chi connectivity index (χ1) is 19.8. The first kappa shape index (κ1) is 28.5. The van der Waals surface area contributed by atoms with E-state index in [2.05, 4.69) is 10.6 Å². The van der Waals surface area contributed by atoms with E-state index in [0.29, 0.717) is 47.4 Å². The number of hydrogen-bond donors (Lipinski definition) is 2. The summed E-state index contributed by atoms with van der Waals surface area (Å²) >= 11 is 12.1. The lowest BCUT2D eigenvalue weighted by Gasteiger charge is -2.41. The summed E-state index contributed by atoms with van der Waals surface area (Å²) in [7, 11) is 0. The Hall–Kier alpha value is -4.07. The Kier molecular flexibility index (Phi) is 8.76. The van der Waals surface area contributed by atoms with E-state index >= 15 is 0 Å². The van der Waals surface area contributed by atoms with Crippen molar-refractivity contribution in [2.24, 2.45) is 0 Å². The summed E-state index contributed by atoms with van der Waals surface area (Å²) < 4.78 is 0. The zero-order valence-corrected chi connectivity index (χ0v) is 24.0. The van der Waals surface area contributed by atoms with E-state index in [9.17, 15) is 14.4 Å². The molecule has 1 saturated heterocycles. The van der Waals surface area contributed by atoms with Gasteiger partial charge in [-0.3, -0.25) is 9.59 Å². The Morgan fingerprint density at radius 2 is 1.59 bits per heavy atom. The van der Waals surface area contributed by atoms with E-state index in [1.165, 1.54) is 0 Å². The van der Waals surface area contributed by atoms with Crippen LogP contribution in [0.15, 0.2) is 91.0 Å². The van der Waals surface area contributed by atoms with Crippen LogP contribution < -0.4 is 10.6 Å². The second-order valence-electron chi connectivity index (χ2n) is 10.2. The van der Waals surface area contributed by atoms with Gasteiger partial charge < -0.3 is 20.4 Å². The van der Waals surface area contributed by atoms with Gasteiger partial charge in [-0.1, -0.05) is 83.9 Å². The standard InChI is InChI=1S/C32H30Cl2N4O3/c1-21-20-37(15-16-38(21)32(41)35-26-13-14-27(33)28(34)19-26)31(40)29(17-22-7-3-2-4-8-22)36-30(39)25-12-11-23-9-5-6-10-24(23)18-25/h2-14,18-19,21,29H,15-17,20H2,1H3,(H,35,41)(H,36,39). The number of amides is 4. The summed E-state index contributed by atoms with van der Waals surface area (Å²) in [6.07, 6.45) is 0.353. The summed E-state index contributed by atoms with van der Waals surface area (Å²) in [4.78, 5) is 43.6. The lowest BCUT2D eigenvalue weighted by Crippen LogP contribution is -2.60. The molecule has 0 saturated carbocycles. The van der Waals surface area contributed by atoms with Crippen LogP contribution in [0.5, 0.6) is 0 Å². The summed E-state index contributed by atoms with van der Waals surface area (Å²) in [5, 5.41) is 8.59. The molecule has 2 N–H and O–H groups in total. The zero-order chi connectivity index (χ0) is 28.9. The number of nitrogens with one attached hydrogen (secondary N) is 2. The lowest BCUT2D eigenvalue weighted by molar-refractivity contribution is -0.135. The van der Waals surface area contributed by atoms with Gasteiger partial charge in [-0.15, -0.1) is 0 Å². The minimum Gasteiger partial charge on any atom is -0.340 e. The molecule has 0 aromatic heterocycles. The Morgan fingerprint density at radius 3 is 2.32 bits per heavy atom. The maximum absolute atomic E-state index is 13.8. The van der Waals surface area contributed by atoms with E-state index in [4.69, 9.17) is 23.2 Å². The number of benzene rings is 4. The summed E-state index contributed by atoms with van der Waals surface area (Å²) in [5.41, 5.74) is 1.97. The van der Waals surface area contributed by atoms with Crippen LogP contribution in [0.4, 0.5) is 10.5 Å². The van der Waals surface area contributed by atoms with Crippen molar-refractivity contribution in [1.29, 1.82) is 0 Å². The summed E-state index contributed by atoms with van der Waals surface area (Å²) in [6, 6.07) is 26.6. The van der Waals surface area contributed by atoms with Crippen molar-refractivity contribution < 1.29 is 14.4 Å². The van der Waals surface area contributed by atoms with Crippen LogP contribution in [0.3, 0.4) is 0 Å². The van der Waals surface area contributed by atoms with Crippen LogP contribution in [0, 0.1) is 0 Å². The summed E-state index contributed by atoms with van der Waals surface area (Å²) in [5.74, 6) is -0.489. The first-order valence-corrected chi connectivity index (χ1v) is 14.2. The highest BCUT2D eigenvalue weighted by Gasteiger charge is 2.34. The smallest absolute Gasteiger partial charge is 0.322 e. The number of carbonyl (C=O) groups is 3. The molecule has 2 atom stereocenters. The molecule has 1 aliphatic heterocycles. The van der Waals surface area contributed by atoms with Gasteiger partial charge in [0.1, 0.15) is 6.04 Å². The molecule has 1 heterocycles. The lowest BCUT2D eigenvalue weighted by atomic mass is 10.0. The van der Waals surface area contributed by atoms with Crippen molar-refractivity contribution in [3.8, 4) is 0 Å². The minimum absolute atomic E-state index is 0.181. The van der Waals surface area contributed by atoms with E-state index in [-0.39, 0.29) is 23.9 Å². The van der Waals surface area contributed by atoms with Crippen LogP contribution >= 0.6 is 23.2 Å². The molecular formula is C32H30Cl2N4O3. The molecule has 1 aliphatic rings. The number of fused-ring (bicyclic) bond motifs is 1. The minimum atomic E-state index is -0.764. The van der Waals surface area contributed by atoms with Gasteiger partial charge in [0.15, 0.2) is 0 Å². The number of piperazine rings is 1. The third kappa shape index (κ3) is 6.81. The van der Waals surface area contributed by atoms with Gasteiger partial charge in [0.05, 0.1) is 10.0 Å². The highest BCUT2D eigenvalue weighted by Crippen LogP contribution is 2.25. The maximum atomic E-state index is 13.8. The third-order valence-electron chi connectivity index (χ3n) is 7.27. The molecule has 7 nitrogen and oxygen atoms in total. The van der Waals surface area contributed by atoms with Crippen LogP contribution in [-0.2, 0) is 11.2 Å². The molecule has 0 bridgehead atoms. The van der Waals surface area contributed by atoms with E-state index < -0.39 is 6.04 Å². The second-order valence-corrected chi connectivity index (χ2v) is 11.0. The SMILES string of the molecule is CC1CN(C(=O)C(Cc2ccccc2)NC(=O)c2ccc3ccccc3c2)CCN1C(=O)Nc1ccc(Cl)c(Cl)c1. The highest BCUT2D eigenvalue weighted by molar-refractivity contribution is 6.42. The van der Waals surface area contributed by atoms with Gasteiger partial charge in [0, 0.05) is 43.3 Å². The number of anilines is 1. The van der Waals surface area contributed by atoms with E-state index in [0.717, 1.165) is 16.3 Å². The van der Waals surface area contributed by atoms with Gasteiger partial charge in [-0.2, -0.15) is 0 Å². The molecule has 0 radical (unpaired) electrons. The Bertz CT molecular complexity index is 1580. The van der Waals surface area contributed by atoms with Crippen LogP contribution in [0.25, 0.3) is 10.8 Å². The van der Waals surface area contributed by atoms with Gasteiger partial charge in [-0.25, -0.2) is 4.79 Å². The first-order valence-electron chi connectivity index (χ1n) is 13.4. The fourth-order valence-corrected chi connectivity index (χ4v) is 5.37. The number of urea groups is 1. The normalized spacial score (nSPS) is 15.8. The topological polar surface area (TPSA) is 81.8 Å². The van der Waals surface area contributed by atoms with Crippen molar-refractivity contribution in [3.63, 3.8) is 0 Å². The number of halogens is 2. The number of hydrogen-bond acceptors (Lipinski definition) is 3. The molecule has 9 heteroatoms. The number of nitrogens with zero attached hydrogens (tertiary/aromatic N) is 2. The molecule has 4 amide bonds. The van der Waals surface area contributed by atoms with Crippen molar-refractivity contribution in [3.05, 3.63) is 112 Å². The molecule has 4 aromatic rings. The van der Waals surface area contributed by atoms with Gasteiger partial charge in [0.2, 0.25) is 5.91 Å². The fourth-order valence-electron chi connectivity index (χ4n) is 5.07. The third-order valence-corrected chi connectivity index (χ3v) is 8.01. The van der Waals surface area contributed by atoms with Crippen LogP contribution in [0.1, 0.15) is 22.8 Å². The molecule has 4 aromatic carbocycles. The number of rotatable bonds is 6. The van der Waals surface area contributed by atoms with Crippen molar-refractivity contribution in [1.82, 2.24) is 15.1 Å². The van der Waals surface area contributed by atoms with Gasteiger partial charge in [-0.05, 0) is 53.6 Å². The maximum Gasteiger partial charge on any atom is 0.322 e.